The Labute approximate surface area is 148 Å². The molecule has 6 heteroatoms. The molecule has 1 saturated carbocycles. The van der Waals surface area contributed by atoms with Crippen LogP contribution in [0.3, 0.4) is 0 Å². The van der Waals surface area contributed by atoms with Crippen LogP contribution >= 0.6 is 11.8 Å². The summed E-state index contributed by atoms with van der Waals surface area (Å²) in [4.78, 5) is 11.8. The third kappa shape index (κ3) is 3.35. The zero-order valence-electron chi connectivity index (χ0n) is 13.4. The largest absolute Gasteiger partial charge is 0.444 e. The van der Waals surface area contributed by atoms with Gasteiger partial charge in [-0.2, -0.15) is 11.8 Å². The smallest absolute Gasteiger partial charge is 0.411 e. The quantitative estimate of drug-likeness (QED) is 0.851. The number of benzene rings is 2. The van der Waals surface area contributed by atoms with Crippen LogP contribution in [0.15, 0.2) is 42.5 Å². The Bertz CT molecular complexity index is 766. The number of ether oxygens (including phenoxy) is 1. The number of nitrogens with one attached hydrogen (secondary N) is 1. The zero-order valence-corrected chi connectivity index (χ0v) is 14.2. The topological polar surface area (TPSA) is 38.3 Å². The molecule has 1 aliphatic carbocycles. The van der Waals surface area contributed by atoms with Crippen LogP contribution in [0.25, 0.3) is 0 Å². The van der Waals surface area contributed by atoms with Crippen molar-refractivity contribution in [2.24, 2.45) is 11.8 Å². The van der Waals surface area contributed by atoms with Crippen molar-refractivity contribution in [3.05, 3.63) is 65.2 Å². The highest BCUT2D eigenvalue weighted by Gasteiger charge is 2.55. The molecule has 1 N–H and O–H groups in total. The van der Waals surface area contributed by atoms with Crippen LogP contribution < -0.4 is 5.32 Å². The molecule has 3 nitrogen and oxygen atoms in total. The highest BCUT2D eigenvalue weighted by atomic mass is 32.2. The molecule has 0 spiro atoms. The van der Waals surface area contributed by atoms with Crippen molar-refractivity contribution in [3.63, 3.8) is 0 Å². The number of anilines is 1. The monoisotopic (exact) mass is 361 g/mol. The van der Waals surface area contributed by atoms with Crippen molar-refractivity contribution >= 4 is 23.5 Å². The van der Waals surface area contributed by atoms with Crippen LogP contribution in [0.4, 0.5) is 19.3 Å². The van der Waals surface area contributed by atoms with Gasteiger partial charge in [-0.15, -0.1) is 0 Å². The lowest BCUT2D eigenvalue weighted by molar-refractivity contribution is 0.155. The number of carbonyl (C=O) groups is 1. The summed E-state index contributed by atoms with van der Waals surface area (Å²) >= 11 is 1.84. The fourth-order valence-corrected chi connectivity index (χ4v) is 5.11. The van der Waals surface area contributed by atoms with E-state index in [0.29, 0.717) is 11.8 Å². The molecule has 0 radical (unpaired) electrons. The molecule has 0 aromatic heterocycles. The summed E-state index contributed by atoms with van der Waals surface area (Å²) in [5, 5.41) is 2.39. The first-order valence-corrected chi connectivity index (χ1v) is 9.33. The van der Waals surface area contributed by atoms with Gasteiger partial charge < -0.3 is 4.74 Å². The lowest BCUT2D eigenvalue weighted by Crippen LogP contribution is -2.14. The Hall–Kier alpha value is -2.08. The van der Waals surface area contributed by atoms with Gasteiger partial charge in [0.15, 0.2) is 0 Å². The zero-order chi connectivity index (χ0) is 17.4. The summed E-state index contributed by atoms with van der Waals surface area (Å²) in [6.45, 7) is 0.0961. The molecule has 0 bridgehead atoms. The fourth-order valence-electron chi connectivity index (χ4n) is 3.52. The molecule has 130 valence electrons. The highest BCUT2D eigenvalue weighted by molar-refractivity contribution is 7.99. The second-order valence-electron chi connectivity index (χ2n) is 6.43. The molecule has 1 unspecified atom stereocenters. The molecule has 2 aliphatic rings. The van der Waals surface area contributed by atoms with E-state index in [9.17, 15) is 13.6 Å². The SMILES string of the molecule is O=C(Nc1cc(F)c(C2[C@H]3CSC[C@@H]23)c(F)c1)OCc1ccccc1. The summed E-state index contributed by atoms with van der Waals surface area (Å²) in [5.41, 5.74) is 1.07. The first-order chi connectivity index (χ1) is 12.1. The minimum atomic E-state index is -0.741. The molecule has 1 amide bonds. The van der Waals surface area contributed by atoms with Crippen LogP contribution in [-0.4, -0.2) is 17.6 Å². The van der Waals surface area contributed by atoms with Gasteiger partial charge in [0.25, 0.3) is 0 Å². The summed E-state index contributed by atoms with van der Waals surface area (Å²) in [5.74, 6) is 1.53. The van der Waals surface area contributed by atoms with Crippen molar-refractivity contribution in [2.45, 2.75) is 12.5 Å². The summed E-state index contributed by atoms with van der Waals surface area (Å²) < 4.78 is 33.8. The second kappa shape index (κ2) is 6.67. The van der Waals surface area contributed by atoms with E-state index in [1.165, 1.54) is 12.1 Å². The van der Waals surface area contributed by atoms with Crippen LogP contribution in [0.2, 0.25) is 0 Å². The van der Waals surface area contributed by atoms with E-state index in [0.717, 1.165) is 17.1 Å². The lowest BCUT2D eigenvalue weighted by Gasteiger charge is -2.11. The van der Waals surface area contributed by atoms with Crippen LogP contribution in [0.5, 0.6) is 0 Å². The average Bonchev–Trinajstić information content (AvgIpc) is 3.03. The first kappa shape index (κ1) is 16.4. The number of thioether (sulfide) groups is 1. The molecular weight excluding hydrogens is 344 g/mol. The maximum Gasteiger partial charge on any atom is 0.411 e. The number of rotatable bonds is 4. The number of carbonyl (C=O) groups excluding carboxylic acids is 1. The Kier molecular flexibility index (Phi) is 4.37. The van der Waals surface area contributed by atoms with Crippen LogP contribution in [0.1, 0.15) is 17.0 Å². The van der Waals surface area contributed by atoms with Crippen molar-refractivity contribution in [1.29, 1.82) is 0 Å². The Balaban J connectivity index is 1.40. The third-order valence-electron chi connectivity index (χ3n) is 4.82. The van der Waals surface area contributed by atoms with E-state index in [1.807, 2.05) is 42.1 Å². The maximum absolute atomic E-state index is 14.4. The third-order valence-corrected chi connectivity index (χ3v) is 6.06. The standard InChI is InChI=1S/C19H17F2NO2S/c20-15-6-12(22-19(23)24-8-11-4-2-1-3-5-11)7-16(21)18(15)17-13-9-25-10-14(13)17/h1-7,13-14,17H,8-10H2,(H,22,23)/t13-,14+,17?. The molecule has 2 fully saturated rings. The van der Waals surface area contributed by atoms with Gasteiger partial charge in [0.05, 0.1) is 0 Å². The van der Waals surface area contributed by atoms with Gasteiger partial charge in [0.2, 0.25) is 0 Å². The molecule has 4 rings (SSSR count). The molecule has 1 heterocycles. The predicted molar refractivity (Wildman–Crippen MR) is 93.7 cm³/mol. The molecule has 2 aromatic rings. The molecule has 25 heavy (non-hydrogen) atoms. The molecule has 2 aromatic carbocycles. The van der Waals surface area contributed by atoms with E-state index in [-0.39, 0.29) is 23.8 Å². The van der Waals surface area contributed by atoms with Gasteiger partial charge in [0, 0.05) is 11.3 Å². The van der Waals surface area contributed by atoms with Gasteiger partial charge in [-0.3, -0.25) is 5.32 Å². The van der Waals surface area contributed by atoms with Crippen LogP contribution in [-0.2, 0) is 11.3 Å². The number of hydrogen-bond donors (Lipinski definition) is 1. The van der Waals surface area contributed by atoms with E-state index < -0.39 is 17.7 Å². The predicted octanol–water partition coefficient (Wildman–Crippen LogP) is 4.79. The van der Waals surface area contributed by atoms with Crippen LogP contribution in [0, 0.1) is 23.5 Å². The minimum absolute atomic E-state index is 0.0136. The Morgan fingerprint density at radius 3 is 2.40 bits per heavy atom. The minimum Gasteiger partial charge on any atom is -0.444 e. The Morgan fingerprint density at radius 2 is 1.76 bits per heavy atom. The number of amides is 1. The van der Waals surface area contributed by atoms with Gasteiger partial charge in [0.1, 0.15) is 18.2 Å². The fraction of sp³-hybridized carbons (Fsp3) is 0.316. The first-order valence-electron chi connectivity index (χ1n) is 8.18. The van der Waals surface area contributed by atoms with Crippen molar-refractivity contribution in [1.82, 2.24) is 0 Å². The summed E-state index contributed by atoms with van der Waals surface area (Å²) in [7, 11) is 0. The van der Waals surface area contributed by atoms with E-state index in [2.05, 4.69) is 5.32 Å². The average molecular weight is 361 g/mol. The molecule has 3 atom stereocenters. The number of hydrogen-bond acceptors (Lipinski definition) is 3. The van der Waals surface area contributed by atoms with Crippen molar-refractivity contribution in [2.75, 3.05) is 16.8 Å². The maximum atomic E-state index is 14.4. The van der Waals surface area contributed by atoms with Crippen molar-refractivity contribution in [3.8, 4) is 0 Å². The summed E-state index contributed by atoms with van der Waals surface area (Å²) in [6.07, 6.45) is -0.741. The number of fused-ring (bicyclic) bond motifs is 1. The van der Waals surface area contributed by atoms with Gasteiger partial charge in [-0.05, 0) is 47.0 Å². The molecule has 1 saturated heterocycles. The molecule has 1 aliphatic heterocycles. The van der Waals surface area contributed by atoms with Gasteiger partial charge in [-0.1, -0.05) is 30.3 Å². The lowest BCUT2D eigenvalue weighted by atomic mass is 10.1. The van der Waals surface area contributed by atoms with Gasteiger partial charge >= 0.3 is 6.09 Å². The Morgan fingerprint density at radius 1 is 1.12 bits per heavy atom. The second-order valence-corrected chi connectivity index (χ2v) is 7.51. The van der Waals surface area contributed by atoms with Gasteiger partial charge in [-0.25, -0.2) is 13.6 Å². The van der Waals surface area contributed by atoms with E-state index in [1.54, 1.807) is 0 Å². The van der Waals surface area contributed by atoms with E-state index >= 15 is 0 Å². The van der Waals surface area contributed by atoms with E-state index in [4.69, 9.17) is 4.74 Å². The number of halogens is 2. The summed E-state index contributed by atoms with van der Waals surface area (Å²) in [6, 6.07) is 11.5. The normalized spacial score (nSPS) is 23.8. The van der Waals surface area contributed by atoms with Crippen molar-refractivity contribution < 1.29 is 18.3 Å². The highest BCUT2D eigenvalue weighted by Crippen LogP contribution is 2.61. The molecular formula is C19H17F2NO2S.